The first-order valence-corrected chi connectivity index (χ1v) is 16.8. The van der Waals surface area contributed by atoms with Crippen molar-refractivity contribution in [3.63, 3.8) is 0 Å². The van der Waals surface area contributed by atoms with Crippen molar-refractivity contribution in [3.8, 4) is 0 Å². The van der Waals surface area contributed by atoms with E-state index >= 15 is 0 Å². The van der Waals surface area contributed by atoms with Crippen molar-refractivity contribution in [1.82, 2.24) is 0 Å². The summed E-state index contributed by atoms with van der Waals surface area (Å²) in [6.07, 6.45) is 11.2. The maximum absolute atomic E-state index is 14.6. The summed E-state index contributed by atoms with van der Waals surface area (Å²) in [6.45, 7) is 16.0. The maximum Gasteiger partial charge on any atom is 0.432 e. The lowest BCUT2D eigenvalue weighted by molar-refractivity contribution is -0.281. The molecule has 0 heterocycles. The number of hydrogen-bond acceptors (Lipinski definition) is 4. The van der Waals surface area contributed by atoms with Crippen LogP contribution >= 0.6 is 0 Å². The van der Waals surface area contributed by atoms with Crippen molar-refractivity contribution in [1.29, 1.82) is 0 Å². The normalized spacial score (nSPS) is 16.1. The average Bonchev–Trinajstić information content (AvgIpc) is 2.96. The molecule has 0 amide bonds. The third-order valence-corrected chi connectivity index (χ3v) is 8.40. The van der Waals surface area contributed by atoms with Gasteiger partial charge in [0.15, 0.2) is 0 Å². The van der Waals surface area contributed by atoms with Gasteiger partial charge in [-0.15, -0.1) is 0 Å². The topological polar surface area (TPSA) is 55.8 Å². The zero-order chi connectivity index (χ0) is 35.7. The molecule has 0 aromatic heterocycles. The molecule has 3 atom stereocenters. The monoisotopic (exact) mass is 660 g/mol. The van der Waals surface area contributed by atoms with Gasteiger partial charge in [-0.3, -0.25) is 0 Å². The van der Waals surface area contributed by atoms with Crippen LogP contribution in [0.5, 0.6) is 0 Å². The summed E-state index contributed by atoms with van der Waals surface area (Å²) in [5.41, 5.74) is 0.894. The van der Waals surface area contributed by atoms with Crippen LogP contribution in [0.3, 0.4) is 0 Å². The second kappa shape index (κ2) is 20.5. The highest BCUT2D eigenvalue weighted by molar-refractivity contribution is 5.83. The Balaban J connectivity index is 3.18. The van der Waals surface area contributed by atoms with Crippen LogP contribution in [0.25, 0.3) is 0 Å². The smallest absolute Gasteiger partial charge is 0.432 e. The molecule has 1 aromatic rings. The highest BCUT2D eigenvalue weighted by Crippen LogP contribution is 2.44. The molecule has 0 bridgehead atoms. The number of allylic oxidation sites excluding steroid dienone is 10. The Hall–Kier alpha value is -2.90. The number of benzene rings is 1. The predicted molar refractivity (Wildman–Crippen MR) is 188 cm³/mol. The van der Waals surface area contributed by atoms with E-state index in [2.05, 4.69) is 52.8 Å². The van der Waals surface area contributed by atoms with E-state index in [1.54, 1.807) is 6.07 Å². The lowest BCUT2D eigenvalue weighted by atomic mass is 9.88. The van der Waals surface area contributed by atoms with Crippen molar-refractivity contribution in [3.05, 3.63) is 94.1 Å². The molecule has 0 saturated heterocycles. The fraction of sp³-hybridized carbons (Fsp3) is 0.575. The molecule has 47 heavy (non-hydrogen) atoms. The zero-order valence-electron chi connectivity index (χ0n) is 30.2. The van der Waals surface area contributed by atoms with E-state index in [0.717, 1.165) is 56.8 Å². The number of alkyl halides is 3. The molecule has 0 aliphatic rings. The van der Waals surface area contributed by atoms with Crippen LogP contribution in [-0.4, -0.2) is 36.1 Å². The van der Waals surface area contributed by atoms with Gasteiger partial charge >= 0.3 is 12.1 Å². The van der Waals surface area contributed by atoms with Crippen molar-refractivity contribution >= 4 is 5.97 Å². The minimum Gasteiger partial charge on any atom is -0.457 e. The molecule has 0 fully saturated rings. The Bertz CT molecular complexity index is 1240. The molecule has 0 unspecified atom stereocenters. The van der Waals surface area contributed by atoms with Crippen LogP contribution in [0, 0.1) is 0 Å². The van der Waals surface area contributed by atoms with Gasteiger partial charge in [-0.05, 0) is 120 Å². The van der Waals surface area contributed by atoms with Crippen LogP contribution in [0.15, 0.2) is 88.6 Å². The summed E-state index contributed by atoms with van der Waals surface area (Å²) in [7, 11) is 0.849. The summed E-state index contributed by atoms with van der Waals surface area (Å²) >= 11 is 0. The Morgan fingerprint density at radius 2 is 1.19 bits per heavy atom. The lowest BCUT2D eigenvalue weighted by Crippen LogP contribution is -2.54. The SMILES string of the molecule is CO[C@@](C(=O)O[C@H](CC/C=C(\C)CC/C=C(\C)CCC=C(C)C)[C@@](C)(O)CC/C=C(\C)CCC=C(C)C)(c1ccccc1)C(F)(F)F. The van der Waals surface area contributed by atoms with E-state index in [1.807, 2.05) is 26.0 Å². The Labute approximate surface area is 282 Å². The number of halogens is 3. The highest BCUT2D eigenvalue weighted by atomic mass is 19.4. The van der Waals surface area contributed by atoms with Gasteiger partial charge in [0.05, 0.1) is 5.60 Å². The average molecular weight is 661 g/mol. The van der Waals surface area contributed by atoms with Crippen molar-refractivity contribution in [2.24, 2.45) is 0 Å². The molecule has 0 aliphatic heterocycles. The third-order valence-electron chi connectivity index (χ3n) is 8.40. The van der Waals surface area contributed by atoms with Crippen LogP contribution in [0.2, 0.25) is 0 Å². The van der Waals surface area contributed by atoms with Crippen LogP contribution in [-0.2, 0) is 19.9 Å². The Kier molecular flexibility index (Phi) is 18.3. The Morgan fingerprint density at radius 1 is 0.745 bits per heavy atom. The highest BCUT2D eigenvalue weighted by Gasteiger charge is 2.64. The second-order valence-corrected chi connectivity index (χ2v) is 13.4. The zero-order valence-corrected chi connectivity index (χ0v) is 30.2. The molecule has 264 valence electrons. The van der Waals surface area contributed by atoms with Gasteiger partial charge in [-0.1, -0.05) is 88.6 Å². The number of carbonyl (C=O) groups is 1. The molecule has 0 radical (unpaired) electrons. The van der Waals surface area contributed by atoms with E-state index in [9.17, 15) is 23.1 Å². The fourth-order valence-corrected chi connectivity index (χ4v) is 5.38. The molecule has 0 saturated carbocycles. The predicted octanol–water partition coefficient (Wildman–Crippen LogP) is 11.4. The molecule has 1 N–H and O–H groups in total. The van der Waals surface area contributed by atoms with Gasteiger partial charge < -0.3 is 14.6 Å². The molecular weight excluding hydrogens is 601 g/mol. The summed E-state index contributed by atoms with van der Waals surface area (Å²) in [5, 5.41) is 11.6. The minimum atomic E-state index is -5.10. The van der Waals surface area contributed by atoms with Crippen molar-refractivity contribution < 1.29 is 32.5 Å². The number of hydrogen-bond donors (Lipinski definition) is 1. The number of aliphatic hydroxyl groups is 1. The number of methoxy groups -OCH3 is 1. The molecule has 0 aliphatic carbocycles. The van der Waals surface area contributed by atoms with Crippen molar-refractivity contribution in [2.75, 3.05) is 7.11 Å². The van der Waals surface area contributed by atoms with Gasteiger partial charge in [0, 0.05) is 12.7 Å². The van der Waals surface area contributed by atoms with E-state index in [-0.39, 0.29) is 18.4 Å². The van der Waals surface area contributed by atoms with Gasteiger partial charge in [0.1, 0.15) is 6.10 Å². The van der Waals surface area contributed by atoms with Gasteiger partial charge in [0.2, 0.25) is 0 Å². The fourth-order valence-electron chi connectivity index (χ4n) is 5.38. The summed E-state index contributed by atoms with van der Waals surface area (Å²) in [4.78, 5) is 13.5. The van der Waals surface area contributed by atoms with Gasteiger partial charge in [-0.25, -0.2) is 4.79 Å². The third kappa shape index (κ3) is 14.8. The van der Waals surface area contributed by atoms with Gasteiger partial charge in [0.25, 0.3) is 5.60 Å². The first kappa shape index (κ1) is 42.1. The summed E-state index contributed by atoms with van der Waals surface area (Å²) < 4.78 is 54.5. The minimum absolute atomic E-state index is 0.156. The molecule has 0 spiro atoms. The first-order chi connectivity index (χ1) is 22.0. The van der Waals surface area contributed by atoms with Crippen molar-refractivity contribution in [2.45, 2.75) is 143 Å². The molecule has 1 aromatic carbocycles. The summed E-state index contributed by atoms with van der Waals surface area (Å²) in [6, 6.07) is 6.77. The van der Waals surface area contributed by atoms with E-state index in [4.69, 9.17) is 9.47 Å². The number of carbonyl (C=O) groups excluding carboxylic acids is 1. The van der Waals surface area contributed by atoms with Gasteiger partial charge in [-0.2, -0.15) is 13.2 Å². The molecular formula is C40H59F3O4. The van der Waals surface area contributed by atoms with E-state index in [0.29, 0.717) is 12.8 Å². The largest absolute Gasteiger partial charge is 0.457 e. The van der Waals surface area contributed by atoms with E-state index < -0.39 is 29.5 Å². The quantitative estimate of drug-likeness (QED) is 0.112. The number of rotatable bonds is 20. The second-order valence-electron chi connectivity index (χ2n) is 13.4. The number of ether oxygens (including phenoxy) is 2. The summed E-state index contributed by atoms with van der Waals surface area (Å²) in [5.74, 6) is -1.59. The van der Waals surface area contributed by atoms with Crippen LogP contribution < -0.4 is 0 Å². The van der Waals surface area contributed by atoms with Crippen LogP contribution in [0.4, 0.5) is 13.2 Å². The number of esters is 1. The first-order valence-electron chi connectivity index (χ1n) is 16.8. The van der Waals surface area contributed by atoms with E-state index in [1.165, 1.54) is 47.9 Å². The van der Waals surface area contributed by atoms with Crippen LogP contribution in [0.1, 0.15) is 125 Å². The molecule has 1 rings (SSSR count). The lowest BCUT2D eigenvalue weighted by Gasteiger charge is -2.37. The molecule has 4 nitrogen and oxygen atoms in total. The maximum atomic E-state index is 14.6. The Morgan fingerprint density at radius 3 is 1.64 bits per heavy atom. The molecule has 7 heteroatoms. The standard InChI is InChI=1S/C40H59F3O4/c1-30(2)18-13-20-32(5)22-15-23-33(6)24-16-28-36(38(8,45)29-17-25-34(7)21-14-19-31(3)4)47-37(44)39(46-9,40(41,42)43)35-26-11-10-12-27-35/h10-12,18-19,22,24-27,36,45H,13-17,20-21,23,28-29H2,1-9H3/b32-22+,33-24+,34-25+/t36-,38+,39-/m1/s1.